The van der Waals surface area contributed by atoms with Gasteiger partial charge in [-0.1, -0.05) is 55.7 Å². The van der Waals surface area contributed by atoms with E-state index in [1.54, 1.807) is 0 Å². The van der Waals surface area contributed by atoms with Gasteiger partial charge in [-0.05, 0) is 89.2 Å². The summed E-state index contributed by atoms with van der Waals surface area (Å²) in [4.78, 5) is 24.0. The third kappa shape index (κ3) is 16.8. The minimum absolute atomic E-state index is 0.0690. The normalized spacial score (nSPS) is 12.5. The van der Waals surface area contributed by atoms with Crippen LogP contribution in [0.25, 0.3) is 0 Å². The number of unbranched alkanes of at least 4 members (excludes halogenated alkanes) is 7. The van der Waals surface area contributed by atoms with Crippen LogP contribution < -0.4 is 0 Å². The maximum Gasteiger partial charge on any atom is 0.306 e. The molecule has 0 N–H and O–H groups in total. The van der Waals surface area contributed by atoms with Crippen molar-refractivity contribution in [1.29, 1.82) is 0 Å². The zero-order chi connectivity index (χ0) is 25.7. The Labute approximate surface area is 214 Å². The molecule has 0 aliphatic carbocycles. The summed E-state index contributed by atoms with van der Waals surface area (Å²) in [5.41, 5.74) is 2.49. The zero-order valence-electron chi connectivity index (χ0n) is 22.3. The van der Waals surface area contributed by atoms with E-state index in [-0.39, 0.29) is 24.1 Å². The molecule has 0 aromatic heterocycles. The fourth-order valence-electron chi connectivity index (χ4n) is 3.94. The molecule has 0 saturated heterocycles. The number of hydrogen-bond donors (Lipinski definition) is 0. The lowest BCUT2D eigenvalue weighted by Gasteiger charge is -2.14. The van der Waals surface area contributed by atoms with Gasteiger partial charge in [-0.15, -0.1) is 13.2 Å². The van der Waals surface area contributed by atoms with Crippen LogP contribution in [-0.4, -0.2) is 24.1 Å². The predicted molar refractivity (Wildman–Crippen MR) is 145 cm³/mol. The zero-order valence-corrected chi connectivity index (χ0v) is 22.3. The molecule has 0 radical (unpaired) electrons. The summed E-state index contributed by atoms with van der Waals surface area (Å²) < 4.78 is 11.1. The topological polar surface area (TPSA) is 52.6 Å². The first kappa shape index (κ1) is 30.7. The van der Waals surface area contributed by atoms with Crippen LogP contribution in [0.2, 0.25) is 0 Å². The smallest absolute Gasteiger partial charge is 0.306 e. The predicted octanol–water partition coefficient (Wildman–Crippen LogP) is 8.08. The summed E-state index contributed by atoms with van der Waals surface area (Å²) in [7, 11) is 0. The Balaban J connectivity index is 2.19. The molecule has 196 valence electrons. The second-order valence-corrected chi connectivity index (χ2v) is 9.62. The number of allylic oxidation sites excluding steroid dienone is 2. The molecule has 0 spiro atoms. The number of esters is 2. The summed E-state index contributed by atoms with van der Waals surface area (Å²) in [6.07, 6.45) is 17.5. The van der Waals surface area contributed by atoms with Crippen LogP contribution in [0.5, 0.6) is 0 Å². The molecule has 0 fully saturated rings. The monoisotopic (exact) mass is 484 g/mol. The van der Waals surface area contributed by atoms with Gasteiger partial charge in [0.2, 0.25) is 0 Å². The van der Waals surface area contributed by atoms with Crippen molar-refractivity contribution in [3.63, 3.8) is 0 Å². The van der Waals surface area contributed by atoms with Gasteiger partial charge in [0.15, 0.2) is 0 Å². The van der Waals surface area contributed by atoms with Crippen molar-refractivity contribution in [1.82, 2.24) is 0 Å². The van der Waals surface area contributed by atoms with E-state index in [1.165, 1.54) is 11.1 Å². The van der Waals surface area contributed by atoms with E-state index in [2.05, 4.69) is 37.4 Å². The Hall–Kier alpha value is -2.36. The van der Waals surface area contributed by atoms with Crippen molar-refractivity contribution in [2.45, 2.75) is 122 Å². The molecule has 4 heteroatoms. The Morgan fingerprint density at radius 2 is 1.06 bits per heavy atom. The maximum absolute atomic E-state index is 12.0. The summed E-state index contributed by atoms with van der Waals surface area (Å²) in [5, 5.41) is 0. The van der Waals surface area contributed by atoms with Crippen molar-refractivity contribution in [3.05, 3.63) is 60.7 Å². The largest absolute Gasteiger partial charge is 0.463 e. The molecular formula is C31H48O4. The summed E-state index contributed by atoms with van der Waals surface area (Å²) >= 11 is 0. The average Bonchev–Trinajstić information content (AvgIpc) is 2.84. The van der Waals surface area contributed by atoms with Crippen molar-refractivity contribution in [3.8, 4) is 0 Å². The number of benzene rings is 1. The Morgan fingerprint density at radius 3 is 1.46 bits per heavy atom. The molecule has 4 nitrogen and oxygen atoms in total. The molecule has 0 heterocycles. The fourth-order valence-corrected chi connectivity index (χ4v) is 3.94. The van der Waals surface area contributed by atoms with Gasteiger partial charge in [-0.3, -0.25) is 9.59 Å². The first-order chi connectivity index (χ1) is 16.9. The van der Waals surface area contributed by atoms with Gasteiger partial charge < -0.3 is 9.47 Å². The second kappa shape index (κ2) is 19.9. The van der Waals surface area contributed by atoms with E-state index in [0.717, 1.165) is 83.5 Å². The molecule has 2 atom stereocenters. The van der Waals surface area contributed by atoms with Crippen LogP contribution in [0.3, 0.4) is 0 Å². The van der Waals surface area contributed by atoms with Gasteiger partial charge >= 0.3 is 11.9 Å². The van der Waals surface area contributed by atoms with E-state index in [9.17, 15) is 9.59 Å². The third-order valence-corrected chi connectivity index (χ3v) is 6.20. The highest BCUT2D eigenvalue weighted by molar-refractivity contribution is 5.69. The number of carbonyl (C=O) groups excluding carboxylic acids is 2. The quantitative estimate of drug-likeness (QED) is 0.101. The van der Waals surface area contributed by atoms with Gasteiger partial charge in [0.25, 0.3) is 0 Å². The molecule has 35 heavy (non-hydrogen) atoms. The van der Waals surface area contributed by atoms with Crippen molar-refractivity contribution >= 4 is 11.9 Å². The van der Waals surface area contributed by atoms with Gasteiger partial charge in [-0.2, -0.15) is 0 Å². The number of ether oxygens (including phenoxy) is 2. The highest BCUT2D eigenvalue weighted by Crippen LogP contribution is 2.14. The first-order valence-electron chi connectivity index (χ1n) is 13.6. The minimum Gasteiger partial charge on any atom is -0.463 e. The number of hydrogen-bond acceptors (Lipinski definition) is 4. The molecule has 0 aliphatic rings. The van der Waals surface area contributed by atoms with E-state index >= 15 is 0 Å². The first-order valence-corrected chi connectivity index (χ1v) is 13.6. The Kier molecular flexibility index (Phi) is 17.4. The number of carbonyl (C=O) groups is 2. The minimum atomic E-state index is -0.0928. The van der Waals surface area contributed by atoms with Crippen molar-refractivity contribution in [2.75, 3.05) is 0 Å². The van der Waals surface area contributed by atoms with Crippen LogP contribution >= 0.6 is 0 Å². The Bertz CT molecular complexity index is 722. The van der Waals surface area contributed by atoms with Gasteiger partial charge in [0.05, 0.1) is 12.2 Å². The standard InChI is InChI=1S/C31H48O4/c1-5-7-9-11-13-15-17-31(33)35-27(4)19-21-29-24-22-28(23-25-29)20-18-26(3)34-30(32)16-14-12-10-8-6-2/h5-6,22-27H,1-2,7-21H2,3-4H3. The third-order valence-electron chi connectivity index (χ3n) is 6.20. The fraction of sp³-hybridized carbons (Fsp3) is 0.613. The number of rotatable bonds is 21. The van der Waals surface area contributed by atoms with Crippen molar-refractivity contribution in [2.24, 2.45) is 0 Å². The highest BCUT2D eigenvalue weighted by atomic mass is 16.5. The molecule has 2 unspecified atom stereocenters. The lowest BCUT2D eigenvalue weighted by atomic mass is 10.0. The van der Waals surface area contributed by atoms with Crippen LogP contribution in [-0.2, 0) is 31.9 Å². The molecule has 1 aromatic rings. The van der Waals surface area contributed by atoms with E-state index < -0.39 is 0 Å². The molecule has 0 amide bonds. The lowest BCUT2D eigenvalue weighted by molar-refractivity contribution is -0.149. The molecule has 1 aromatic carbocycles. The lowest BCUT2D eigenvalue weighted by Crippen LogP contribution is -2.15. The van der Waals surface area contributed by atoms with E-state index in [1.807, 2.05) is 26.0 Å². The summed E-state index contributed by atoms with van der Waals surface area (Å²) in [6.45, 7) is 11.4. The van der Waals surface area contributed by atoms with E-state index in [0.29, 0.717) is 12.8 Å². The highest BCUT2D eigenvalue weighted by Gasteiger charge is 2.11. The average molecular weight is 485 g/mol. The van der Waals surface area contributed by atoms with Crippen LogP contribution in [0.15, 0.2) is 49.6 Å². The van der Waals surface area contributed by atoms with E-state index in [4.69, 9.17) is 9.47 Å². The molecule has 0 bridgehead atoms. The summed E-state index contributed by atoms with van der Waals surface area (Å²) in [6, 6.07) is 8.58. The molecular weight excluding hydrogens is 436 g/mol. The maximum atomic E-state index is 12.0. The van der Waals surface area contributed by atoms with Gasteiger partial charge in [0, 0.05) is 12.8 Å². The SMILES string of the molecule is C=CCCCCCCC(=O)OC(C)CCc1ccc(CCC(C)OC(=O)CCCCCC=C)cc1. The summed E-state index contributed by atoms with van der Waals surface area (Å²) in [5.74, 6) is -0.177. The van der Waals surface area contributed by atoms with Gasteiger partial charge in [-0.25, -0.2) is 0 Å². The van der Waals surface area contributed by atoms with Gasteiger partial charge in [0.1, 0.15) is 0 Å². The Morgan fingerprint density at radius 1 is 0.686 bits per heavy atom. The van der Waals surface area contributed by atoms with Crippen LogP contribution in [0, 0.1) is 0 Å². The molecule has 0 saturated carbocycles. The molecule has 1 rings (SSSR count). The molecule has 0 aliphatic heterocycles. The van der Waals surface area contributed by atoms with Crippen molar-refractivity contribution < 1.29 is 19.1 Å². The number of aryl methyl sites for hydroxylation is 2. The van der Waals surface area contributed by atoms with Crippen LogP contribution in [0.1, 0.15) is 108 Å². The van der Waals surface area contributed by atoms with Crippen LogP contribution in [0.4, 0.5) is 0 Å². The second-order valence-electron chi connectivity index (χ2n) is 9.62.